The van der Waals surface area contributed by atoms with Gasteiger partial charge >= 0.3 is 0 Å². The minimum atomic E-state index is -0.345. The third-order valence-corrected chi connectivity index (χ3v) is 3.45. The predicted octanol–water partition coefficient (Wildman–Crippen LogP) is 0.870. The molecule has 2 rings (SSSR count). The van der Waals surface area contributed by atoms with Gasteiger partial charge in [0.25, 0.3) is 0 Å². The first-order valence-corrected chi connectivity index (χ1v) is 5.66. The molecule has 80 valence electrons. The van der Waals surface area contributed by atoms with E-state index in [0.29, 0.717) is 5.92 Å². The molecule has 4 nitrogen and oxygen atoms in total. The van der Waals surface area contributed by atoms with E-state index >= 15 is 0 Å². The molecule has 2 fully saturated rings. The highest BCUT2D eigenvalue weighted by molar-refractivity contribution is 5.14. The van der Waals surface area contributed by atoms with Crippen LogP contribution in [0.15, 0.2) is 0 Å². The van der Waals surface area contributed by atoms with Gasteiger partial charge < -0.3 is 0 Å². The molecule has 1 saturated heterocycles. The molecule has 4 heteroatoms. The Balaban J connectivity index is 1.96. The molecule has 1 saturated carbocycles. The van der Waals surface area contributed by atoms with Crippen LogP contribution in [0.1, 0.15) is 32.1 Å². The number of hydrogen-bond donors (Lipinski definition) is 2. The molecule has 0 spiro atoms. The normalized spacial score (nSPS) is 37.1. The summed E-state index contributed by atoms with van der Waals surface area (Å²) in [6, 6.07) is 3.58. The maximum Gasteiger partial charge on any atom is 0.126 e. The van der Waals surface area contributed by atoms with Gasteiger partial charge in [-0.2, -0.15) is 10.5 Å². The largest absolute Gasteiger partial charge is 0.284 e. The number of nitrogens with zero attached hydrogens (tertiary/aromatic N) is 2. The second-order valence-electron chi connectivity index (χ2n) is 4.42. The summed E-state index contributed by atoms with van der Waals surface area (Å²) in [7, 11) is 0. The molecule has 1 aliphatic heterocycles. The van der Waals surface area contributed by atoms with Crippen LogP contribution in [0, 0.1) is 28.6 Å². The average Bonchev–Trinajstić information content (AvgIpc) is 2.73. The summed E-state index contributed by atoms with van der Waals surface area (Å²) in [6.45, 7) is 0. The summed E-state index contributed by atoms with van der Waals surface area (Å²) < 4.78 is 0. The zero-order chi connectivity index (χ0) is 10.7. The lowest BCUT2D eigenvalue weighted by molar-refractivity contribution is 0.267. The Morgan fingerprint density at radius 2 is 1.40 bits per heavy atom. The van der Waals surface area contributed by atoms with Crippen molar-refractivity contribution in [2.45, 2.75) is 50.4 Å². The molecule has 2 aliphatic rings. The van der Waals surface area contributed by atoms with E-state index in [1.54, 1.807) is 0 Å². The SMILES string of the molecule is N#CC1NC(C2CCCCC2)NC1C#N. The Labute approximate surface area is 90.3 Å². The molecule has 0 aromatic carbocycles. The average molecular weight is 204 g/mol. The van der Waals surface area contributed by atoms with Gasteiger partial charge in [-0.1, -0.05) is 19.3 Å². The fourth-order valence-electron chi connectivity index (χ4n) is 2.59. The molecule has 0 bridgehead atoms. The Morgan fingerprint density at radius 3 is 1.87 bits per heavy atom. The van der Waals surface area contributed by atoms with Crippen molar-refractivity contribution in [3.05, 3.63) is 0 Å². The Hall–Kier alpha value is -1.10. The zero-order valence-electron chi connectivity index (χ0n) is 8.74. The smallest absolute Gasteiger partial charge is 0.126 e. The molecule has 0 aromatic rings. The molecular weight excluding hydrogens is 188 g/mol. The summed E-state index contributed by atoms with van der Waals surface area (Å²) in [6.07, 6.45) is 6.46. The summed E-state index contributed by atoms with van der Waals surface area (Å²) in [5, 5.41) is 24.2. The van der Waals surface area contributed by atoms with E-state index in [4.69, 9.17) is 10.5 Å². The van der Waals surface area contributed by atoms with Crippen LogP contribution >= 0.6 is 0 Å². The lowest BCUT2D eigenvalue weighted by atomic mass is 9.87. The Morgan fingerprint density at radius 1 is 0.867 bits per heavy atom. The fraction of sp³-hybridized carbons (Fsp3) is 0.818. The van der Waals surface area contributed by atoms with Crippen molar-refractivity contribution in [1.29, 1.82) is 10.5 Å². The third kappa shape index (κ3) is 2.12. The van der Waals surface area contributed by atoms with E-state index in [1.165, 1.54) is 32.1 Å². The van der Waals surface area contributed by atoms with Crippen LogP contribution in [-0.2, 0) is 0 Å². The van der Waals surface area contributed by atoms with Crippen LogP contribution in [0.4, 0.5) is 0 Å². The van der Waals surface area contributed by atoms with Gasteiger partial charge in [-0.25, -0.2) is 0 Å². The van der Waals surface area contributed by atoms with Gasteiger partial charge in [0.05, 0.1) is 18.3 Å². The van der Waals surface area contributed by atoms with Crippen molar-refractivity contribution < 1.29 is 0 Å². The third-order valence-electron chi connectivity index (χ3n) is 3.45. The molecule has 0 radical (unpaired) electrons. The Bertz CT molecular complexity index is 273. The monoisotopic (exact) mass is 204 g/mol. The molecule has 15 heavy (non-hydrogen) atoms. The first kappa shape index (κ1) is 10.4. The van der Waals surface area contributed by atoms with Gasteiger partial charge in [0, 0.05) is 0 Å². The standard InChI is InChI=1S/C11H16N4/c12-6-9-10(7-13)15-11(14-9)8-4-2-1-3-5-8/h8-11,14-15H,1-5H2. The molecular formula is C11H16N4. The van der Waals surface area contributed by atoms with Crippen molar-refractivity contribution in [2.75, 3.05) is 0 Å². The van der Waals surface area contributed by atoms with E-state index in [9.17, 15) is 0 Å². The first-order valence-electron chi connectivity index (χ1n) is 5.66. The van der Waals surface area contributed by atoms with Gasteiger partial charge in [0.2, 0.25) is 0 Å². The summed E-state index contributed by atoms with van der Waals surface area (Å²) in [4.78, 5) is 0. The molecule has 0 aromatic heterocycles. The van der Waals surface area contributed by atoms with Crippen molar-refractivity contribution in [3.63, 3.8) is 0 Å². The molecule has 1 aliphatic carbocycles. The summed E-state index contributed by atoms with van der Waals surface area (Å²) >= 11 is 0. The number of hydrogen-bond acceptors (Lipinski definition) is 4. The highest BCUT2D eigenvalue weighted by atomic mass is 15.2. The van der Waals surface area contributed by atoms with Crippen LogP contribution in [0.3, 0.4) is 0 Å². The van der Waals surface area contributed by atoms with Crippen LogP contribution < -0.4 is 10.6 Å². The van der Waals surface area contributed by atoms with Gasteiger partial charge in [-0.15, -0.1) is 0 Å². The van der Waals surface area contributed by atoms with Crippen LogP contribution in [0.5, 0.6) is 0 Å². The number of nitriles is 2. The maximum absolute atomic E-state index is 8.88. The van der Waals surface area contributed by atoms with Gasteiger partial charge in [-0.3, -0.25) is 10.6 Å². The number of nitrogens with one attached hydrogen (secondary N) is 2. The van der Waals surface area contributed by atoms with Gasteiger partial charge in [0.15, 0.2) is 0 Å². The summed E-state index contributed by atoms with van der Waals surface area (Å²) in [5.41, 5.74) is 0. The quantitative estimate of drug-likeness (QED) is 0.665. The van der Waals surface area contributed by atoms with Crippen molar-refractivity contribution in [1.82, 2.24) is 10.6 Å². The highest BCUT2D eigenvalue weighted by Gasteiger charge is 2.37. The topological polar surface area (TPSA) is 71.6 Å². The van der Waals surface area contributed by atoms with E-state index in [-0.39, 0.29) is 18.2 Å². The van der Waals surface area contributed by atoms with Crippen molar-refractivity contribution in [3.8, 4) is 12.1 Å². The fourth-order valence-corrected chi connectivity index (χ4v) is 2.59. The molecule has 2 unspecified atom stereocenters. The number of rotatable bonds is 1. The van der Waals surface area contributed by atoms with Crippen LogP contribution in [0.25, 0.3) is 0 Å². The van der Waals surface area contributed by atoms with Crippen LogP contribution in [-0.4, -0.2) is 18.2 Å². The lowest BCUT2D eigenvalue weighted by Crippen LogP contribution is -2.41. The molecule has 0 amide bonds. The van der Waals surface area contributed by atoms with E-state index in [0.717, 1.165) is 0 Å². The van der Waals surface area contributed by atoms with Gasteiger partial charge in [-0.05, 0) is 18.8 Å². The van der Waals surface area contributed by atoms with Gasteiger partial charge in [0.1, 0.15) is 12.1 Å². The predicted molar refractivity (Wildman–Crippen MR) is 55.4 cm³/mol. The van der Waals surface area contributed by atoms with Crippen LogP contribution in [0.2, 0.25) is 0 Å². The Kier molecular flexibility index (Phi) is 3.20. The summed E-state index contributed by atoms with van der Waals surface area (Å²) in [5.74, 6) is 0.591. The van der Waals surface area contributed by atoms with Crippen molar-refractivity contribution in [2.24, 2.45) is 5.92 Å². The minimum absolute atomic E-state index is 0.166. The van der Waals surface area contributed by atoms with E-state index in [1.807, 2.05) is 0 Å². The van der Waals surface area contributed by atoms with Crippen molar-refractivity contribution >= 4 is 0 Å². The highest BCUT2D eigenvalue weighted by Crippen LogP contribution is 2.27. The minimum Gasteiger partial charge on any atom is -0.284 e. The van der Waals surface area contributed by atoms with E-state index < -0.39 is 0 Å². The zero-order valence-corrected chi connectivity index (χ0v) is 8.74. The van der Waals surface area contributed by atoms with E-state index in [2.05, 4.69) is 22.8 Å². The first-order chi connectivity index (χ1) is 7.35. The second-order valence-corrected chi connectivity index (χ2v) is 4.42. The molecule has 1 heterocycles. The second kappa shape index (κ2) is 4.61. The maximum atomic E-state index is 8.88. The molecule has 2 N–H and O–H groups in total. The molecule has 2 atom stereocenters. The lowest BCUT2D eigenvalue weighted by Gasteiger charge is -2.27.